The molecule has 1 aromatic heterocycles. The Morgan fingerprint density at radius 3 is 2.46 bits per heavy atom. The molecule has 0 radical (unpaired) electrons. The lowest BCUT2D eigenvalue weighted by Crippen LogP contribution is -2.23. The van der Waals surface area contributed by atoms with E-state index in [0.29, 0.717) is 16.9 Å². The van der Waals surface area contributed by atoms with Crippen molar-refractivity contribution in [3.63, 3.8) is 0 Å². The maximum atomic E-state index is 13.5. The van der Waals surface area contributed by atoms with E-state index in [-0.39, 0.29) is 5.56 Å². The van der Waals surface area contributed by atoms with E-state index >= 15 is 0 Å². The molecular formula is C19H15FN2O2. The van der Waals surface area contributed by atoms with Gasteiger partial charge < -0.3 is 10.3 Å². The number of nitrogens with one attached hydrogen (secondary N) is 2. The van der Waals surface area contributed by atoms with Gasteiger partial charge in [0.15, 0.2) is 0 Å². The molecule has 0 saturated carbocycles. The van der Waals surface area contributed by atoms with Gasteiger partial charge in [-0.3, -0.25) is 9.59 Å². The summed E-state index contributed by atoms with van der Waals surface area (Å²) in [5.74, 6) is -0.995. The van der Waals surface area contributed by atoms with Gasteiger partial charge in [-0.05, 0) is 36.8 Å². The molecule has 3 rings (SSSR count). The Labute approximate surface area is 138 Å². The van der Waals surface area contributed by atoms with Gasteiger partial charge >= 0.3 is 0 Å². The average molecular weight is 322 g/mol. The largest absolute Gasteiger partial charge is 0.321 e. The first-order valence-electron chi connectivity index (χ1n) is 7.41. The summed E-state index contributed by atoms with van der Waals surface area (Å²) in [5, 5.41) is 2.57. The Kier molecular flexibility index (Phi) is 4.24. The molecule has 2 N–H and O–H groups in total. The van der Waals surface area contributed by atoms with Crippen LogP contribution in [0.1, 0.15) is 15.9 Å². The van der Waals surface area contributed by atoms with Crippen LogP contribution in [0.3, 0.4) is 0 Å². The van der Waals surface area contributed by atoms with E-state index in [1.54, 1.807) is 19.1 Å². The normalized spacial score (nSPS) is 10.4. The molecule has 0 saturated heterocycles. The number of hydrogen-bond donors (Lipinski definition) is 2. The number of H-pyrrole nitrogens is 1. The highest BCUT2D eigenvalue weighted by Gasteiger charge is 2.13. The van der Waals surface area contributed by atoms with Crippen LogP contribution in [0.2, 0.25) is 0 Å². The fraction of sp³-hybridized carbons (Fsp3) is 0.0526. The minimum Gasteiger partial charge on any atom is -0.321 e. The van der Waals surface area contributed by atoms with Crippen LogP contribution in [0, 0.1) is 12.7 Å². The van der Waals surface area contributed by atoms with Crippen LogP contribution in [-0.2, 0) is 0 Å². The van der Waals surface area contributed by atoms with E-state index < -0.39 is 17.3 Å². The summed E-state index contributed by atoms with van der Waals surface area (Å²) in [5.41, 5.74) is 1.61. The van der Waals surface area contributed by atoms with Crippen LogP contribution >= 0.6 is 0 Å². The summed E-state index contributed by atoms with van der Waals surface area (Å²) in [4.78, 5) is 27.2. The van der Waals surface area contributed by atoms with Gasteiger partial charge in [0.1, 0.15) is 11.4 Å². The van der Waals surface area contributed by atoms with Gasteiger partial charge in [0.2, 0.25) is 0 Å². The number of amides is 1. The summed E-state index contributed by atoms with van der Waals surface area (Å²) in [6.07, 6.45) is 0. The molecule has 0 aliphatic rings. The number of carbonyl (C=O) groups is 1. The molecule has 0 spiro atoms. The Morgan fingerprint density at radius 2 is 1.75 bits per heavy atom. The van der Waals surface area contributed by atoms with Crippen molar-refractivity contribution in [3.05, 3.63) is 88.0 Å². The topological polar surface area (TPSA) is 62.0 Å². The highest BCUT2D eigenvalue weighted by Crippen LogP contribution is 2.18. The molecule has 1 amide bonds. The van der Waals surface area contributed by atoms with Gasteiger partial charge in [0.25, 0.3) is 11.5 Å². The smallest absolute Gasteiger partial charge is 0.261 e. The maximum Gasteiger partial charge on any atom is 0.261 e. The number of anilines is 1. The zero-order valence-electron chi connectivity index (χ0n) is 13.0. The van der Waals surface area contributed by atoms with E-state index in [2.05, 4.69) is 10.3 Å². The number of benzene rings is 2. The third-order valence-corrected chi connectivity index (χ3v) is 3.75. The Morgan fingerprint density at radius 1 is 1.00 bits per heavy atom. The second kappa shape index (κ2) is 6.50. The summed E-state index contributed by atoms with van der Waals surface area (Å²) < 4.78 is 13.5. The van der Waals surface area contributed by atoms with E-state index in [9.17, 15) is 14.0 Å². The number of halogens is 1. The van der Waals surface area contributed by atoms with E-state index in [4.69, 9.17) is 0 Å². The maximum absolute atomic E-state index is 13.5. The Bertz CT molecular complexity index is 949. The number of rotatable bonds is 3. The van der Waals surface area contributed by atoms with Crippen LogP contribution < -0.4 is 10.9 Å². The second-order valence-electron chi connectivity index (χ2n) is 5.35. The second-order valence-corrected chi connectivity index (χ2v) is 5.35. The number of carbonyl (C=O) groups excluding carboxylic acids is 1. The molecule has 0 unspecified atom stereocenters. The number of aromatic nitrogens is 1. The quantitative estimate of drug-likeness (QED) is 0.771. The fourth-order valence-corrected chi connectivity index (χ4v) is 2.37. The molecule has 4 nitrogen and oxygen atoms in total. The Balaban J connectivity index is 1.88. The molecule has 120 valence electrons. The van der Waals surface area contributed by atoms with Crippen molar-refractivity contribution in [1.82, 2.24) is 4.98 Å². The lowest BCUT2D eigenvalue weighted by Gasteiger charge is -2.09. The van der Waals surface area contributed by atoms with Crippen LogP contribution in [0.4, 0.5) is 10.1 Å². The van der Waals surface area contributed by atoms with Crippen LogP contribution in [0.5, 0.6) is 0 Å². The lowest BCUT2D eigenvalue weighted by molar-refractivity contribution is 0.102. The molecule has 3 aromatic rings. The van der Waals surface area contributed by atoms with Crippen molar-refractivity contribution in [1.29, 1.82) is 0 Å². The van der Waals surface area contributed by atoms with Crippen LogP contribution in [0.25, 0.3) is 11.3 Å². The molecule has 5 heteroatoms. The van der Waals surface area contributed by atoms with Gasteiger partial charge in [-0.2, -0.15) is 0 Å². The molecule has 2 aromatic carbocycles. The fourth-order valence-electron chi connectivity index (χ4n) is 2.37. The summed E-state index contributed by atoms with van der Waals surface area (Å²) in [7, 11) is 0. The van der Waals surface area contributed by atoms with Crippen molar-refractivity contribution in [3.8, 4) is 11.3 Å². The minimum absolute atomic E-state index is 0.0293. The highest BCUT2D eigenvalue weighted by molar-refractivity contribution is 6.04. The van der Waals surface area contributed by atoms with Gasteiger partial charge in [0.05, 0.1) is 0 Å². The highest BCUT2D eigenvalue weighted by atomic mass is 19.1. The van der Waals surface area contributed by atoms with Crippen LogP contribution in [0.15, 0.2) is 65.5 Å². The van der Waals surface area contributed by atoms with Gasteiger partial charge in [-0.15, -0.1) is 0 Å². The minimum atomic E-state index is -0.579. The SMILES string of the molecule is Cc1c(F)cccc1NC(=O)c1ccc(-c2ccccc2)[nH]c1=O. The molecule has 1 heterocycles. The third-order valence-electron chi connectivity index (χ3n) is 3.75. The summed E-state index contributed by atoms with van der Waals surface area (Å²) in [6.45, 7) is 1.56. The molecule has 0 atom stereocenters. The standard InChI is InChI=1S/C19H15FN2O2/c1-12-15(20)8-5-9-16(12)21-18(23)14-10-11-17(22-19(14)24)13-6-3-2-4-7-13/h2-11H,1H3,(H,21,23)(H,22,24). The molecule has 0 fully saturated rings. The molecule has 24 heavy (non-hydrogen) atoms. The van der Waals surface area contributed by atoms with E-state index in [1.807, 2.05) is 30.3 Å². The molecule has 0 bridgehead atoms. The van der Waals surface area contributed by atoms with Crippen LogP contribution in [-0.4, -0.2) is 10.9 Å². The Hall–Kier alpha value is -3.21. The van der Waals surface area contributed by atoms with Crippen molar-refractivity contribution in [2.45, 2.75) is 6.92 Å². The first kappa shape index (κ1) is 15.7. The van der Waals surface area contributed by atoms with Gasteiger partial charge in [-0.25, -0.2) is 4.39 Å². The van der Waals surface area contributed by atoms with Gasteiger partial charge in [0, 0.05) is 16.9 Å². The van der Waals surface area contributed by atoms with E-state index in [1.165, 1.54) is 18.2 Å². The third kappa shape index (κ3) is 3.10. The molecular weight excluding hydrogens is 307 g/mol. The summed E-state index contributed by atoms with van der Waals surface area (Å²) in [6, 6.07) is 16.9. The zero-order chi connectivity index (χ0) is 17.1. The van der Waals surface area contributed by atoms with Crippen molar-refractivity contribution in [2.24, 2.45) is 0 Å². The van der Waals surface area contributed by atoms with E-state index in [0.717, 1.165) is 5.56 Å². The first-order chi connectivity index (χ1) is 11.6. The average Bonchev–Trinajstić information content (AvgIpc) is 2.59. The number of aromatic amines is 1. The van der Waals surface area contributed by atoms with Crippen molar-refractivity contribution in [2.75, 3.05) is 5.32 Å². The first-order valence-corrected chi connectivity index (χ1v) is 7.41. The monoisotopic (exact) mass is 322 g/mol. The van der Waals surface area contributed by atoms with Gasteiger partial charge in [-0.1, -0.05) is 36.4 Å². The number of pyridine rings is 1. The number of hydrogen-bond acceptors (Lipinski definition) is 2. The zero-order valence-corrected chi connectivity index (χ0v) is 13.0. The van der Waals surface area contributed by atoms with Crippen molar-refractivity contribution < 1.29 is 9.18 Å². The van der Waals surface area contributed by atoms with Crippen molar-refractivity contribution >= 4 is 11.6 Å². The summed E-state index contributed by atoms with van der Waals surface area (Å²) >= 11 is 0. The molecule has 0 aliphatic heterocycles. The predicted molar refractivity (Wildman–Crippen MR) is 91.6 cm³/mol. The lowest BCUT2D eigenvalue weighted by atomic mass is 10.1. The predicted octanol–water partition coefficient (Wildman–Crippen LogP) is 3.74. The molecule has 0 aliphatic carbocycles.